The van der Waals surface area contributed by atoms with Gasteiger partial charge in [0.1, 0.15) is 0 Å². The van der Waals surface area contributed by atoms with Crippen LogP contribution >= 0.6 is 0 Å². The van der Waals surface area contributed by atoms with Gasteiger partial charge in [0.25, 0.3) is 0 Å². The SMILES string of the molecule is Cc1ccc(C2CC(C)c3c2[nH]c2ccc(C)cc32)cc1. The van der Waals surface area contributed by atoms with Gasteiger partial charge in [-0.1, -0.05) is 48.4 Å². The molecule has 1 aliphatic carbocycles. The van der Waals surface area contributed by atoms with Crippen molar-refractivity contribution in [3.63, 3.8) is 0 Å². The minimum absolute atomic E-state index is 0.517. The number of aryl methyl sites for hydroxylation is 2. The van der Waals surface area contributed by atoms with E-state index in [1.807, 2.05) is 0 Å². The third kappa shape index (κ3) is 1.91. The van der Waals surface area contributed by atoms with Crippen molar-refractivity contribution in [2.45, 2.75) is 39.0 Å². The van der Waals surface area contributed by atoms with Crippen molar-refractivity contribution in [1.82, 2.24) is 4.98 Å². The van der Waals surface area contributed by atoms with E-state index < -0.39 is 0 Å². The van der Waals surface area contributed by atoms with Gasteiger partial charge in [-0.25, -0.2) is 0 Å². The average molecular weight is 275 g/mol. The fraction of sp³-hybridized carbons (Fsp3) is 0.300. The van der Waals surface area contributed by atoms with Gasteiger partial charge in [-0.3, -0.25) is 0 Å². The summed E-state index contributed by atoms with van der Waals surface area (Å²) < 4.78 is 0. The summed E-state index contributed by atoms with van der Waals surface area (Å²) in [6.07, 6.45) is 1.22. The average Bonchev–Trinajstić information content (AvgIpc) is 2.98. The third-order valence-corrected chi connectivity index (χ3v) is 4.93. The molecule has 0 spiro atoms. The molecule has 21 heavy (non-hydrogen) atoms. The summed E-state index contributed by atoms with van der Waals surface area (Å²) in [5, 5.41) is 1.42. The number of rotatable bonds is 1. The molecule has 0 aliphatic heterocycles. The number of nitrogens with one attached hydrogen (secondary N) is 1. The van der Waals surface area contributed by atoms with Gasteiger partial charge in [0.2, 0.25) is 0 Å². The monoisotopic (exact) mass is 275 g/mol. The summed E-state index contributed by atoms with van der Waals surface area (Å²) in [5.41, 5.74) is 8.38. The van der Waals surface area contributed by atoms with Crippen molar-refractivity contribution in [2.24, 2.45) is 0 Å². The number of benzene rings is 2. The van der Waals surface area contributed by atoms with Gasteiger partial charge in [-0.05, 0) is 49.4 Å². The second-order valence-corrected chi connectivity index (χ2v) is 6.60. The van der Waals surface area contributed by atoms with E-state index in [0.29, 0.717) is 11.8 Å². The van der Waals surface area contributed by atoms with Crippen LogP contribution in [-0.4, -0.2) is 4.98 Å². The fourth-order valence-electron chi connectivity index (χ4n) is 3.84. The number of H-pyrrole nitrogens is 1. The van der Waals surface area contributed by atoms with Gasteiger partial charge in [0, 0.05) is 22.5 Å². The molecule has 0 bridgehead atoms. The molecule has 4 rings (SSSR count). The quantitative estimate of drug-likeness (QED) is 0.610. The molecule has 1 N–H and O–H groups in total. The first-order chi connectivity index (χ1) is 10.1. The molecule has 2 unspecified atom stereocenters. The van der Waals surface area contributed by atoms with E-state index >= 15 is 0 Å². The molecule has 0 radical (unpaired) electrons. The lowest BCUT2D eigenvalue weighted by atomic mass is 9.94. The summed E-state index contributed by atoms with van der Waals surface area (Å²) >= 11 is 0. The molecule has 0 fully saturated rings. The number of aromatic nitrogens is 1. The van der Waals surface area contributed by atoms with E-state index in [-0.39, 0.29) is 0 Å². The van der Waals surface area contributed by atoms with Crippen molar-refractivity contribution in [3.8, 4) is 0 Å². The zero-order valence-corrected chi connectivity index (χ0v) is 12.9. The first-order valence-corrected chi connectivity index (χ1v) is 7.82. The van der Waals surface area contributed by atoms with Crippen LogP contribution in [0.5, 0.6) is 0 Å². The Balaban J connectivity index is 1.89. The molecule has 1 heterocycles. The molecule has 0 saturated carbocycles. The second kappa shape index (κ2) is 4.49. The molecule has 1 heteroatoms. The number of fused-ring (bicyclic) bond motifs is 3. The molecule has 2 atom stereocenters. The van der Waals surface area contributed by atoms with E-state index in [0.717, 1.165) is 0 Å². The summed E-state index contributed by atoms with van der Waals surface area (Å²) in [4.78, 5) is 3.70. The Morgan fingerprint density at radius 3 is 2.43 bits per heavy atom. The Labute approximate surface area is 126 Å². The van der Waals surface area contributed by atoms with Crippen molar-refractivity contribution < 1.29 is 0 Å². The van der Waals surface area contributed by atoms with Crippen LogP contribution < -0.4 is 0 Å². The van der Waals surface area contributed by atoms with Gasteiger partial charge in [0.05, 0.1) is 0 Å². The molecule has 106 valence electrons. The Kier molecular flexibility index (Phi) is 2.72. The van der Waals surface area contributed by atoms with Crippen LogP contribution in [0.15, 0.2) is 42.5 Å². The lowest BCUT2D eigenvalue weighted by Crippen LogP contribution is -1.97. The van der Waals surface area contributed by atoms with Crippen molar-refractivity contribution >= 4 is 10.9 Å². The summed E-state index contributed by atoms with van der Waals surface area (Å²) in [5.74, 6) is 1.14. The smallest absolute Gasteiger partial charge is 0.0459 e. The van der Waals surface area contributed by atoms with Crippen LogP contribution in [0.1, 0.15) is 53.1 Å². The fourth-order valence-corrected chi connectivity index (χ4v) is 3.84. The Morgan fingerprint density at radius 1 is 0.952 bits per heavy atom. The van der Waals surface area contributed by atoms with Gasteiger partial charge >= 0.3 is 0 Å². The molecule has 0 amide bonds. The number of aromatic amines is 1. The zero-order valence-electron chi connectivity index (χ0n) is 12.9. The van der Waals surface area contributed by atoms with Crippen LogP contribution in [0.4, 0.5) is 0 Å². The van der Waals surface area contributed by atoms with E-state index in [4.69, 9.17) is 0 Å². The van der Waals surface area contributed by atoms with E-state index in [2.05, 4.69) is 68.2 Å². The molecule has 2 aromatic carbocycles. The maximum atomic E-state index is 3.70. The standard InChI is InChI=1S/C20H21N/c1-12-4-7-15(8-5-12)16-11-14(3)19-17-10-13(2)6-9-18(17)21-20(16)19/h4-10,14,16,21H,11H2,1-3H3. The summed E-state index contributed by atoms with van der Waals surface area (Å²) in [6.45, 7) is 6.69. The molecule has 3 aromatic rings. The van der Waals surface area contributed by atoms with Crippen LogP contribution in [-0.2, 0) is 0 Å². The molecule has 1 aliphatic rings. The maximum absolute atomic E-state index is 3.70. The van der Waals surface area contributed by atoms with E-state index in [1.54, 1.807) is 5.56 Å². The van der Waals surface area contributed by atoms with Gasteiger partial charge < -0.3 is 4.98 Å². The van der Waals surface area contributed by atoms with Gasteiger partial charge in [-0.2, -0.15) is 0 Å². The minimum atomic E-state index is 0.517. The maximum Gasteiger partial charge on any atom is 0.0459 e. The van der Waals surface area contributed by atoms with Crippen molar-refractivity contribution in [1.29, 1.82) is 0 Å². The van der Waals surface area contributed by atoms with Crippen LogP contribution in [0.2, 0.25) is 0 Å². The van der Waals surface area contributed by atoms with E-state index in [1.165, 1.54) is 39.7 Å². The largest absolute Gasteiger partial charge is 0.358 e. The lowest BCUT2D eigenvalue weighted by molar-refractivity contribution is 0.681. The molecule has 1 aromatic heterocycles. The highest BCUT2D eigenvalue weighted by Crippen LogP contribution is 2.47. The van der Waals surface area contributed by atoms with E-state index in [9.17, 15) is 0 Å². The second-order valence-electron chi connectivity index (χ2n) is 6.60. The molecule has 0 saturated heterocycles. The Hall–Kier alpha value is -2.02. The van der Waals surface area contributed by atoms with Crippen molar-refractivity contribution in [3.05, 3.63) is 70.4 Å². The van der Waals surface area contributed by atoms with Gasteiger partial charge in [-0.15, -0.1) is 0 Å². The predicted molar refractivity (Wildman–Crippen MR) is 89.1 cm³/mol. The molecular weight excluding hydrogens is 254 g/mol. The summed E-state index contributed by atoms with van der Waals surface area (Å²) in [7, 11) is 0. The first-order valence-electron chi connectivity index (χ1n) is 7.82. The third-order valence-electron chi connectivity index (χ3n) is 4.93. The number of hydrogen-bond donors (Lipinski definition) is 1. The molecule has 1 nitrogen and oxygen atoms in total. The van der Waals surface area contributed by atoms with Crippen LogP contribution in [0, 0.1) is 13.8 Å². The van der Waals surface area contributed by atoms with Crippen LogP contribution in [0.25, 0.3) is 10.9 Å². The first kappa shape index (κ1) is 12.7. The van der Waals surface area contributed by atoms with Crippen molar-refractivity contribution in [2.75, 3.05) is 0 Å². The van der Waals surface area contributed by atoms with Crippen LogP contribution in [0.3, 0.4) is 0 Å². The highest BCUT2D eigenvalue weighted by atomic mass is 14.8. The Morgan fingerprint density at radius 2 is 1.67 bits per heavy atom. The highest BCUT2D eigenvalue weighted by Gasteiger charge is 2.32. The number of hydrogen-bond acceptors (Lipinski definition) is 0. The topological polar surface area (TPSA) is 15.8 Å². The van der Waals surface area contributed by atoms with Gasteiger partial charge in [0.15, 0.2) is 0 Å². The zero-order chi connectivity index (χ0) is 14.6. The normalized spacial score (nSPS) is 20.9. The Bertz CT molecular complexity index is 808. The minimum Gasteiger partial charge on any atom is -0.358 e. The molecular formula is C20H21N. The lowest BCUT2D eigenvalue weighted by Gasteiger charge is -2.12. The summed E-state index contributed by atoms with van der Waals surface area (Å²) in [6, 6.07) is 15.8. The highest BCUT2D eigenvalue weighted by molar-refractivity contribution is 5.87. The predicted octanol–water partition coefficient (Wildman–Crippen LogP) is 5.42.